The molecule has 5 aliphatic rings. The first kappa shape index (κ1) is 13.6. The van der Waals surface area contributed by atoms with E-state index in [-0.39, 0.29) is 17.4 Å². The van der Waals surface area contributed by atoms with Gasteiger partial charge in [-0.15, -0.1) is 0 Å². The Morgan fingerprint density at radius 3 is 1.90 bits per heavy atom. The molecular weight excluding hydrogens is 266 g/mol. The molecule has 0 aromatic rings. The summed E-state index contributed by atoms with van der Waals surface area (Å²) in [6.07, 6.45) is 10.8. The Labute approximate surface area is 125 Å². The Kier molecular flexibility index (Phi) is 2.74. The quantitative estimate of drug-likeness (QED) is 0.840. The van der Waals surface area contributed by atoms with Crippen molar-refractivity contribution in [3.8, 4) is 0 Å². The number of aliphatic carboxylic acids is 1. The Balaban J connectivity index is 1.42. The Bertz CT molecular complexity index is 464. The topological polar surface area (TPSA) is 66.4 Å². The standard InChI is InChI=1S/C17H25NO3/c19-13(12-2-5-15(12)3-1-4-15)18-17-9-6-16(7-10-17,8-11-17)14(20)21/h12H,1-11H2,(H,18,19)(H,20,21). The van der Waals surface area contributed by atoms with Crippen LogP contribution in [0.5, 0.6) is 0 Å². The minimum absolute atomic E-state index is 0.0885. The highest BCUT2D eigenvalue weighted by Crippen LogP contribution is 2.60. The van der Waals surface area contributed by atoms with Crippen LogP contribution < -0.4 is 5.32 Å². The van der Waals surface area contributed by atoms with E-state index in [2.05, 4.69) is 5.32 Å². The molecule has 1 unspecified atom stereocenters. The summed E-state index contributed by atoms with van der Waals surface area (Å²) >= 11 is 0. The lowest BCUT2D eigenvalue weighted by Crippen LogP contribution is -2.62. The van der Waals surface area contributed by atoms with Crippen molar-refractivity contribution < 1.29 is 14.7 Å². The Morgan fingerprint density at radius 1 is 0.905 bits per heavy atom. The van der Waals surface area contributed by atoms with Crippen molar-refractivity contribution in [3.05, 3.63) is 0 Å². The van der Waals surface area contributed by atoms with Crippen LogP contribution in [0.3, 0.4) is 0 Å². The summed E-state index contributed by atoms with van der Waals surface area (Å²) in [5.41, 5.74) is -0.220. The molecule has 2 bridgehead atoms. The van der Waals surface area contributed by atoms with Crippen molar-refractivity contribution in [2.24, 2.45) is 16.7 Å². The molecular formula is C17H25NO3. The van der Waals surface area contributed by atoms with Gasteiger partial charge in [0.1, 0.15) is 0 Å². The minimum atomic E-state index is -0.630. The van der Waals surface area contributed by atoms with Gasteiger partial charge in [-0.25, -0.2) is 0 Å². The normalized spacial score (nSPS) is 43.0. The lowest BCUT2D eigenvalue weighted by Gasteiger charge is -2.57. The van der Waals surface area contributed by atoms with E-state index in [0.717, 1.165) is 44.9 Å². The average Bonchev–Trinajstić information content (AvgIpc) is 2.37. The predicted molar refractivity (Wildman–Crippen MR) is 77.7 cm³/mol. The van der Waals surface area contributed by atoms with Gasteiger partial charge in [-0.05, 0) is 69.6 Å². The van der Waals surface area contributed by atoms with Gasteiger partial charge in [0.2, 0.25) is 5.91 Å². The number of hydrogen-bond acceptors (Lipinski definition) is 2. The van der Waals surface area contributed by atoms with Crippen molar-refractivity contribution in [1.82, 2.24) is 5.32 Å². The van der Waals surface area contributed by atoms with E-state index in [1.807, 2.05) is 0 Å². The van der Waals surface area contributed by atoms with Gasteiger partial charge >= 0.3 is 5.97 Å². The maximum Gasteiger partial charge on any atom is 0.309 e. The number of carbonyl (C=O) groups excluding carboxylic acids is 1. The molecule has 0 radical (unpaired) electrons. The number of carboxylic acids is 1. The summed E-state index contributed by atoms with van der Waals surface area (Å²) in [7, 11) is 0. The average molecular weight is 291 g/mol. The Hall–Kier alpha value is -1.06. The van der Waals surface area contributed by atoms with Gasteiger partial charge in [-0.2, -0.15) is 0 Å². The molecule has 1 spiro atoms. The second-order valence-electron chi connectivity index (χ2n) is 8.16. The lowest BCUT2D eigenvalue weighted by atomic mass is 9.49. The van der Waals surface area contributed by atoms with Crippen LogP contribution in [0.15, 0.2) is 0 Å². The first-order valence-electron chi connectivity index (χ1n) is 8.55. The smallest absolute Gasteiger partial charge is 0.309 e. The van der Waals surface area contributed by atoms with Crippen LogP contribution >= 0.6 is 0 Å². The second-order valence-corrected chi connectivity index (χ2v) is 8.16. The van der Waals surface area contributed by atoms with Crippen LogP contribution in [-0.4, -0.2) is 22.5 Å². The van der Waals surface area contributed by atoms with E-state index in [1.54, 1.807) is 0 Å². The number of hydrogen-bond donors (Lipinski definition) is 2. The molecule has 0 aromatic carbocycles. The van der Waals surface area contributed by atoms with Crippen LogP contribution in [0.1, 0.15) is 70.6 Å². The molecule has 1 atom stereocenters. The lowest BCUT2D eigenvalue weighted by molar-refractivity contribution is -0.158. The zero-order valence-corrected chi connectivity index (χ0v) is 12.6. The maximum atomic E-state index is 12.7. The predicted octanol–water partition coefficient (Wildman–Crippen LogP) is 2.86. The summed E-state index contributed by atoms with van der Waals surface area (Å²) in [5.74, 6) is -0.117. The van der Waals surface area contributed by atoms with Gasteiger partial charge in [-0.3, -0.25) is 9.59 Å². The summed E-state index contributed by atoms with van der Waals surface area (Å²) in [5, 5.41) is 12.8. The monoisotopic (exact) mass is 291 g/mol. The number of carbonyl (C=O) groups is 2. The fraction of sp³-hybridized carbons (Fsp3) is 0.882. The number of fused-ring (bicyclic) bond motifs is 3. The molecule has 5 saturated carbocycles. The van der Waals surface area contributed by atoms with Gasteiger partial charge in [0.05, 0.1) is 5.41 Å². The van der Waals surface area contributed by atoms with Crippen LogP contribution in [0.2, 0.25) is 0 Å². The van der Waals surface area contributed by atoms with Gasteiger partial charge in [-0.1, -0.05) is 6.42 Å². The van der Waals surface area contributed by atoms with E-state index in [9.17, 15) is 14.7 Å². The second kappa shape index (κ2) is 4.23. The molecule has 116 valence electrons. The largest absolute Gasteiger partial charge is 0.481 e. The summed E-state index contributed by atoms with van der Waals surface area (Å²) in [6.45, 7) is 0. The molecule has 0 heterocycles. The van der Waals surface area contributed by atoms with Crippen molar-refractivity contribution in [1.29, 1.82) is 0 Å². The van der Waals surface area contributed by atoms with E-state index >= 15 is 0 Å². The van der Waals surface area contributed by atoms with Crippen molar-refractivity contribution in [2.45, 2.75) is 76.2 Å². The summed E-state index contributed by atoms with van der Waals surface area (Å²) in [6, 6.07) is 0. The molecule has 0 aliphatic heterocycles. The highest BCUT2D eigenvalue weighted by Gasteiger charge is 2.57. The molecule has 2 N–H and O–H groups in total. The number of amides is 1. The fourth-order valence-corrected chi connectivity index (χ4v) is 5.38. The van der Waals surface area contributed by atoms with E-state index in [0.29, 0.717) is 5.41 Å². The fourth-order valence-electron chi connectivity index (χ4n) is 5.38. The third kappa shape index (κ3) is 1.80. The minimum Gasteiger partial charge on any atom is -0.481 e. The third-order valence-electron chi connectivity index (χ3n) is 7.42. The van der Waals surface area contributed by atoms with E-state index < -0.39 is 11.4 Å². The van der Waals surface area contributed by atoms with Crippen LogP contribution in [0, 0.1) is 16.7 Å². The zero-order valence-electron chi connectivity index (χ0n) is 12.6. The summed E-state index contributed by atoms with van der Waals surface area (Å²) in [4.78, 5) is 24.1. The summed E-state index contributed by atoms with van der Waals surface area (Å²) < 4.78 is 0. The molecule has 0 saturated heterocycles. The van der Waals surface area contributed by atoms with Crippen LogP contribution in [-0.2, 0) is 9.59 Å². The van der Waals surface area contributed by atoms with Gasteiger partial charge in [0.15, 0.2) is 0 Å². The van der Waals surface area contributed by atoms with E-state index in [4.69, 9.17) is 0 Å². The molecule has 5 aliphatic carbocycles. The molecule has 5 fully saturated rings. The number of rotatable bonds is 3. The molecule has 4 nitrogen and oxygen atoms in total. The van der Waals surface area contributed by atoms with Gasteiger partial charge in [0, 0.05) is 11.5 Å². The maximum absolute atomic E-state index is 12.7. The van der Waals surface area contributed by atoms with Crippen molar-refractivity contribution >= 4 is 11.9 Å². The Morgan fingerprint density at radius 2 is 1.52 bits per heavy atom. The first-order valence-corrected chi connectivity index (χ1v) is 8.55. The molecule has 1 amide bonds. The van der Waals surface area contributed by atoms with Crippen LogP contribution in [0.25, 0.3) is 0 Å². The molecule has 5 rings (SSSR count). The highest BCUT2D eigenvalue weighted by atomic mass is 16.4. The van der Waals surface area contributed by atoms with E-state index in [1.165, 1.54) is 25.7 Å². The first-order chi connectivity index (χ1) is 9.99. The third-order valence-corrected chi connectivity index (χ3v) is 7.42. The van der Waals surface area contributed by atoms with Crippen molar-refractivity contribution in [3.63, 3.8) is 0 Å². The molecule has 0 aromatic heterocycles. The van der Waals surface area contributed by atoms with Crippen LogP contribution in [0.4, 0.5) is 0 Å². The SMILES string of the molecule is O=C(NC12CCC(C(=O)O)(CC1)CC2)C1CCC12CCC2. The number of nitrogens with one attached hydrogen (secondary N) is 1. The van der Waals surface area contributed by atoms with Gasteiger partial charge in [0.25, 0.3) is 0 Å². The highest BCUT2D eigenvalue weighted by molar-refractivity contribution is 5.82. The van der Waals surface area contributed by atoms with Crippen molar-refractivity contribution in [2.75, 3.05) is 0 Å². The number of carboxylic acid groups (broad SMARTS) is 1. The molecule has 4 heteroatoms. The molecule has 21 heavy (non-hydrogen) atoms. The zero-order chi connectivity index (χ0) is 14.7. The van der Waals surface area contributed by atoms with Gasteiger partial charge < -0.3 is 10.4 Å².